The third kappa shape index (κ3) is 4.60. The third-order valence-corrected chi connectivity index (χ3v) is 7.80. The molecule has 0 unspecified atom stereocenters. The van der Waals surface area contributed by atoms with E-state index < -0.39 is 0 Å². The van der Waals surface area contributed by atoms with E-state index >= 15 is 0 Å². The Morgan fingerprint density at radius 2 is 2.26 bits per heavy atom. The van der Waals surface area contributed by atoms with Crippen LogP contribution >= 0.6 is 34.4 Å². The first kappa shape index (κ1) is 21.8. The van der Waals surface area contributed by atoms with E-state index in [9.17, 15) is 9.59 Å². The van der Waals surface area contributed by atoms with Crippen molar-refractivity contribution in [2.75, 3.05) is 17.7 Å². The Hall–Kier alpha value is -2.43. The molecule has 0 fully saturated rings. The number of thioether (sulfide) groups is 1. The summed E-state index contributed by atoms with van der Waals surface area (Å²) in [6, 6.07) is 3.95. The number of carbonyl (C=O) groups excluding carboxylic acids is 2. The molecule has 0 aromatic carbocycles. The molecule has 7 nitrogen and oxygen atoms in total. The smallest absolute Gasteiger partial charge is 0.341 e. The molecule has 31 heavy (non-hydrogen) atoms. The lowest BCUT2D eigenvalue weighted by molar-refractivity contribution is -0.113. The second-order valence-corrected chi connectivity index (χ2v) is 9.80. The van der Waals surface area contributed by atoms with Crippen molar-refractivity contribution < 1.29 is 14.3 Å². The number of rotatable bonds is 9. The zero-order chi connectivity index (χ0) is 21.8. The van der Waals surface area contributed by atoms with Gasteiger partial charge < -0.3 is 10.1 Å². The van der Waals surface area contributed by atoms with Crippen molar-refractivity contribution in [1.29, 1.82) is 0 Å². The van der Waals surface area contributed by atoms with Gasteiger partial charge in [-0.05, 0) is 43.2 Å². The number of aromatic nitrogens is 3. The van der Waals surface area contributed by atoms with Crippen molar-refractivity contribution >= 4 is 51.3 Å². The van der Waals surface area contributed by atoms with E-state index in [1.165, 1.54) is 23.1 Å². The van der Waals surface area contributed by atoms with Crippen LogP contribution in [0.2, 0.25) is 0 Å². The molecule has 4 rings (SSSR count). The van der Waals surface area contributed by atoms with Gasteiger partial charge in [-0.1, -0.05) is 23.9 Å². The van der Waals surface area contributed by atoms with Crippen molar-refractivity contribution in [1.82, 2.24) is 14.8 Å². The molecule has 0 spiro atoms. The van der Waals surface area contributed by atoms with Gasteiger partial charge in [0.25, 0.3) is 0 Å². The summed E-state index contributed by atoms with van der Waals surface area (Å²) in [5, 5.41) is 14.7. The van der Waals surface area contributed by atoms with Gasteiger partial charge in [-0.3, -0.25) is 9.36 Å². The van der Waals surface area contributed by atoms with Crippen LogP contribution in [0.4, 0.5) is 5.00 Å². The number of thiophene rings is 2. The summed E-state index contributed by atoms with van der Waals surface area (Å²) in [4.78, 5) is 27.4. The highest BCUT2D eigenvalue weighted by Gasteiger charge is 2.28. The SMILES string of the molecule is C=CCn1c(SCC(=O)Nc2sc3c(c2C(=O)OCC)CCC3)nnc1-c1cccs1. The first-order valence-electron chi connectivity index (χ1n) is 9.94. The van der Waals surface area contributed by atoms with Gasteiger partial charge >= 0.3 is 5.97 Å². The van der Waals surface area contributed by atoms with Gasteiger partial charge in [0, 0.05) is 11.4 Å². The first-order chi connectivity index (χ1) is 15.1. The number of anilines is 1. The highest BCUT2D eigenvalue weighted by molar-refractivity contribution is 7.99. The first-order valence-corrected chi connectivity index (χ1v) is 12.6. The summed E-state index contributed by atoms with van der Waals surface area (Å²) < 4.78 is 7.17. The summed E-state index contributed by atoms with van der Waals surface area (Å²) in [5.74, 6) is 0.361. The van der Waals surface area contributed by atoms with Crippen LogP contribution in [0.3, 0.4) is 0 Å². The molecular weight excluding hydrogens is 452 g/mol. The van der Waals surface area contributed by atoms with Gasteiger partial charge in [-0.2, -0.15) is 0 Å². The Balaban J connectivity index is 1.47. The normalized spacial score (nSPS) is 12.5. The molecule has 1 N–H and O–H groups in total. The Morgan fingerprint density at radius 1 is 1.39 bits per heavy atom. The summed E-state index contributed by atoms with van der Waals surface area (Å²) in [5.41, 5.74) is 1.55. The number of hydrogen-bond donors (Lipinski definition) is 1. The van der Waals surface area contributed by atoms with Crippen LogP contribution in [0.5, 0.6) is 0 Å². The van der Waals surface area contributed by atoms with Gasteiger partial charge in [0.15, 0.2) is 11.0 Å². The van der Waals surface area contributed by atoms with Crippen LogP contribution in [0, 0.1) is 0 Å². The van der Waals surface area contributed by atoms with E-state index in [2.05, 4.69) is 22.1 Å². The van der Waals surface area contributed by atoms with Crippen LogP contribution in [-0.2, 0) is 28.9 Å². The molecule has 3 aromatic heterocycles. The van der Waals surface area contributed by atoms with Crippen LogP contribution in [0.25, 0.3) is 10.7 Å². The van der Waals surface area contributed by atoms with Crippen LogP contribution in [0.1, 0.15) is 34.1 Å². The number of nitrogens with one attached hydrogen (secondary N) is 1. The summed E-state index contributed by atoms with van der Waals surface area (Å²) in [6.45, 7) is 6.45. The lowest BCUT2D eigenvalue weighted by Crippen LogP contribution is -2.17. The second kappa shape index (κ2) is 9.80. The van der Waals surface area contributed by atoms with Crippen molar-refractivity contribution in [3.8, 4) is 10.7 Å². The van der Waals surface area contributed by atoms with Crippen molar-refractivity contribution in [3.05, 3.63) is 46.2 Å². The van der Waals surface area contributed by atoms with Crippen LogP contribution in [-0.4, -0.2) is 39.0 Å². The van der Waals surface area contributed by atoms with Crippen molar-refractivity contribution in [2.24, 2.45) is 0 Å². The number of allylic oxidation sites excluding steroid dienone is 1. The minimum absolute atomic E-state index is 0.157. The highest BCUT2D eigenvalue weighted by atomic mass is 32.2. The monoisotopic (exact) mass is 474 g/mol. The second-order valence-electron chi connectivity index (χ2n) is 6.80. The lowest BCUT2D eigenvalue weighted by Gasteiger charge is -2.09. The van der Waals surface area contributed by atoms with E-state index in [4.69, 9.17) is 4.74 Å². The Labute approximate surface area is 192 Å². The molecule has 1 amide bonds. The molecule has 1 aliphatic carbocycles. The topological polar surface area (TPSA) is 86.1 Å². The van der Waals surface area contributed by atoms with Crippen molar-refractivity contribution in [3.63, 3.8) is 0 Å². The van der Waals surface area contributed by atoms with Gasteiger partial charge in [0.05, 0.1) is 22.8 Å². The molecule has 1 aliphatic rings. The lowest BCUT2D eigenvalue weighted by atomic mass is 10.1. The molecular formula is C21H22N4O3S3. The number of nitrogens with zero attached hydrogens (tertiary/aromatic N) is 3. The van der Waals surface area contributed by atoms with Gasteiger partial charge in [-0.15, -0.1) is 39.4 Å². The number of hydrogen-bond acceptors (Lipinski definition) is 8. The van der Waals surface area contributed by atoms with E-state index in [0.29, 0.717) is 28.9 Å². The largest absolute Gasteiger partial charge is 0.462 e. The Bertz CT molecular complexity index is 1100. The quantitative estimate of drug-likeness (QED) is 0.276. The average Bonchev–Trinajstić information content (AvgIpc) is 3.51. The maximum absolute atomic E-state index is 12.7. The molecule has 162 valence electrons. The molecule has 0 aliphatic heterocycles. The highest BCUT2D eigenvalue weighted by Crippen LogP contribution is 2.39. The molecule has 3 aromatic rings. The maximum atomic E-state index is 12.7. The molecule has 3 heterocycles. The minimum atomic E-state index is -0.365. The van der Waals surface area contributed by atoms with Gasteiger partial charge in [-0.25, -0.2) is 4.79 Å². The van der Waals surface area contributed by atoms with Crippen LogP contribution < -0.4 is 5.32 Å². The molecule has 0 radical (unpaired) electrons. The minimum Gasteiger partial charge on any atom is -0.462 e. The van der Waals surface area contributed by atoms with E-state index in [0.717, 1.165) is 40.4 Å². The van der Waals surface area contributed by atoms with Crippen molar-refractivity contribution in [2.45, 2.75) is 37.9 Å². The zero-order valence-corrected chi connectivity index (χ0v) is 19.5. The number of esters is 1. The molecule has 0 saturated carbocycles. The number of ether oxygens (including phenoxy) is 1. The number of amides is 1. The number of fused-ring (bicyclic) bond motifs is 1. The third-order valence-electron chi connectivity index (χ3n) is 4.76. The summed E-state index contributed by atoms with van der Waals surface area (Å²) in [6.07, 6.45) is 4.60. The fourth-order valence-electron chi connectivity index (χ4n) is 3.48. The Morgan fingerprint density at radius 3 is 3.00 bits per heavy atom. The Kier molecular flexibility index (Phi) is 6.89. The average molecular weight is 475 g/mol. The fourth-order valence-corrected chi connectivity index (χ4v) is 6.24. The van der Waals surface area contributed by atoms with E-state index in [1.54, 1.807) is 24.3 Å². The predicted molar refractivity (Wildman–Crippen MR) is 125 cm³/mol. The van der Waals surface area contributed by atoms with Crippen LogP contribution in [0.15, 0.2) is 35.3 Å². The fraction of sp³-hybridized carbons (Fsp3) is 0.333. The number of carbonyl (C=O) groups is 2. The standard InChI is InChI=1S/C21H22N4O3S3/c1-3-10-25-18(15-9-6-11-29-15)23-24-21(25)30-12-16(26)22-19-17(20(27)28-4-2)13-7-5-8-14(13)31-19/h3,6,9,11H,1,4-5,7-8,10,12H2,2H3,(H,22,26). The van der Waals surface area contributed by atoms with E-state index in [1.807, 2.05) is 22.1 Å². The maximum Gasteiger partial charge on any atom is 0.341 e. The van der Waals surface area contributed by atoms with Gasteiger partial charge in [0.2, 0.25) is 5.91 Å². The van der Waals surface area contributed by atoms with E-state index in [-0.39, 0.29) is 17.6 Å². The summed E-state index contributed by atoms with van der Waals surface area (Å²) >= 11 is 4.38. The molecule has 0 bridgehead atoms. The number of aryl methyl sites for hydroxylation is 1. The zero-order valence-electron chi connectivity index (χ0n) is 17.1. The van der Waals surface area contributed by atoms with Gasteiger partial charge in [0.1, 0.15) is 5.00 Å². The molecule has 0 saturated heterocycles. The molecule has 10 heteroatoms. The molecule has 0 atom stereocenters. The summed E-state index contributed by atoms with van der Waals surface area (Å²) in [7, 11) is 0. The predicted octanol–water partition coefficient (Wildman–Crippen LogP) is 4.65.